The van der Waals surface area contributed by atoms with Crippen molar-refractivity contribution in [3.63, 3.8) is 0 Å². The van der Waals surface area contributed by atoms with E-state index in [-0.39, 0.29) is 0 Å². The maximum atomic E-state index is 11.8. The Balaban J connectivity index is 2.43. The Morgan fingerprint density at radius 2 is 2.00 bits per heavy atom. The quantitative estimate of drug-likeness (QED) is 0.639. The highest BCUT2D eigenvalue weighted by atomic mass is 79.9. The average Bonchev–Trinajstić information content (AvgIpc) is 2.43. The van der Waals surface area contributed by atoms with Crippen LogP contribution in [0.5, 0.6) is 0 Å². The smallest absolute Gasteiger partial charge is 0.340 e. The lowest BCUT2D eigenvalue weighted by Crippen LogP contribution is -2.06. The van der Waals surface area contributed by atoms with Crippen LogP contribution < -0.4 is 11.1 Å². The second kappa shape index (κ2) is 6.15. The predicted octanol–water partition coefficient (Wildman–Crippen LogP) is 4.21. The van der Waals surface area contributed by atoms with Crippen molar-refractivity contribution in [2.24, 2.45) is 0 Å². The number of esters is 1. The summed E-state index contributed by atoms with van der Waals surface area (Å²) in [5, 5.41) is 3.65. The van der Waals surface area contributed by atoms with Gasteiger partial charge in [-0.1, -0.05) is 27.5 Å². The van der Waals surface area contributed by atoms with Gasteiger partial charge in [0.15, 0.2) is 0 Å². The molecule has 2 aromatic carbocycles. The van der Waals surface area contributed by atoms with Crippen molar-refractivity contribution < 1.29 is 9.53 Å². The summed E-state index contributed by atoms with van der Waals surface area (Å²) in [6.45, 7) is 0. The molecule has 0 aliphatic rings. The van der Waals surface area contributed by atoms with Crippen LogP contribution >= 0.6 is 27.5 Å². The van der Waals surface area contributed by atoms with Gasteiger partial charge in [-0.2, -0.15) is 0 Å². The van der Waals surface area contributed by atoms with Crippen molar-refractivity contribution in [3.8, 4) is 0 Å². The Morgan fingerprint density at radius 1 is 1.25 bits per heavy atom. The van der Waals surface area contributed by atoms with Gasteiger partial charge < -0.3 is 15.8 Å². The minimum Gasteiger partial charge on any atom is -0.465 e. The first-order chi connectivity index (χ1) is 9.51. The minimum atomic E-state index is -0.467. The summed E-state index contributed by atoms with van der Waals surface area (Å²) < 4.78 is 5.62. The van der Waals surface area contributed by atoms with E-state index in [1.54, 1.807) is 24.3 Å². The molecule has 0 saturated carbocycles. The molecule has 0 amide bonds. The summed E-state index contributed by atoms with van der Waals surface area (Å²) in [4.78, 5) is 11.8. The number of nitrogen functional groups attached to an aromatic ring is 1. The zero-order chi connectivity index (χ0) is 14.7. The predicted molar refractivity (Wildman–Crippen MR) is 84.6 cm³/mol. The number of halogens is 2. The van der Waals surface area contributed by atoms with E-state index in [4.69, 9.17) is 22.1 Å². The lowest BCUT2D eigenvalue weighted by atomic mass is 10.1. The number of benzene rings is 2. The first-order valence-electron chi connectivity index (χ1n) is 5.71. The first-order valence-corrected chi connectivity index (χ1v) is 6.88. The topological polar surface area (TPSA) is 64.3 Å². The second-order valence-electron chi connectivity index (χ2n) is 4.05. The molecule has 0 saturated heterocycles. The SMILES string of the molecule is COC(=O)c1cc(N)ccc1Nc1cc(Br)ccc1Cl. The second-order valence-corrected chi connectivity index (χ2v) is 5.37. The standard InChI is InChI=1S/C14H12BrClN2O2/c1-20-14(19)10-7-9(17)3-5-12(10)18-13-6-8(15)2-4-11(13)16/h2-7,18H,17H2,1H3. The van der Waals surface area contributed by atoms with Crippen molar-refractivity contribution in [1.82, 2.24) is 0 Å². The maximum absolute atomic E-state index is 11.8. The van der Waals surface area contributed by atoms with E-state index in [2.05, 4.69) is 21.2 Å². The van der Waals surface area contributed by atoms with Gasteiger partial charge in [-0.15, -0.1) is 0 Å². The van der Waals surface area contributed by atoms with E-state index in [1.165, 1.54) is 7.11 Å². The molecule has 0 bridgehead atoms. The van der Waals surface area contributed by atoms with E-state index in [0.717, 1.165) is 4.47 Å². The van der Waals surface area contributed by atoms with Gasteiger partial charge in [-0.25, -0.2) is 4.79 Å². The molecule has 2 rings (SSSR count). The highest BCUT2D eigenvalue weighted by Gasteiger charge is 2.13. The van der Waals surface area contributed by atoms with Crippen LogP contribution in [0.3, 0.4) is 0 Å². The molecule has 0 atom stereocenters. The highest BCUT2D eigenvalue weighted by Crippen LogP contribution is 2.30. The normalized spacial score (nSPS) is 10.2. The highest BCUT2D eigenvalue weighted by molar-refractivity contribution is 9.10. The van der Waals surface area contributed by atoms with Crippen molar-refractivity contribution in [1.29, 1.82) is 0 Å². The van der Waals surface area contributed by atoms with Crippen LogP contribution in [-0.4, -0.2) is 13.1 Å². The Morgan fingerprint density at radius 3 is 2.70 bits per heavy atom. The minimum absolute atomic E-state index is 0.351. The van der Waals surface area contributed by atoms with E-state index >= 15 is 0 Å². The molecule has 0 aliphatic heterocycles. The summed E-state index contributed by atoms with van der Waals surface area (Å²) in [6.07, 6.45) is 0. The number of nitrogens with two attached hydrogens (primary N) is 1. The lowest BCUT2D eigenvalue weighted by molar-refractivity contribution is 0.0602. The van der Waals surface area contributed by atoms with E-state index in [0.29, 0.717) is 27.6 Å². The van der Waals surface area contributed by atoms with E-state index in [1.807, 2.05) is 12.1 Å². The molecule has 0 fully saturated rings. The molecule has 4 nitrogen and oxygen atoms in total. The number of carbonyl (C=O) groups excluding carboxylic acids is 1. The van der Waals surface area contributed by atoms with Crippen molar-refractivity contribution >= 4 is 50.6 Å². The largest absolute Gasteiger partial charge is 0.465 e. The molecule has 104 valence electrons. The third-order valence-electron chi connectivity index (χ3n) is 2.65. The van der Waals surface area contributed by atoms with Crippen LogP contribution in [0.15, 0.2) is 40.9 Å². The van der Waals surface area contributed by atoms with Gasteiger partial charge in [-0.05, 0) is 36.4 Å². The average molecular weight is 356 g/mol. The molecule has 6 heteroatoms. The van der Waals surface area contributed by atoms with Crippen molar-refractivity contribution in [3.05, 3.63) is 51.5 Å². The molecule has 3 N–H and O–H groups in total. The first kappa shape index (κ1) is 14.7. The summed E-state index contributed by atoms with van der Waals surface area (Å²) in [5.74, 6) is -0.467. The summed E-state index contributed by atoms with van der Waals surface area (Å²) in [7, 11) is 1.32. The maximum Gasteiger partial charge on any atom is 0.340 e. The number of hydrogen-bond donors (Lipinski definition) is 2. The molecule has 20 heavy (non-hydrogen) atoms. The van der Waals surface area contributed by atoms with E-state index in [9.17, 15) is 4.79 Å². The molecule has 0 heterocycles. The molecular formula is C14H12BrClN2O2. The Labute approximate surface area is 130 Å². The van der Waals surface area contributed by atoms with Gasteiger partial charge in [0.1, 0.15) is 0 Å². The summed E-state index contributed by atoms with van der Waals surface area (Å²) in [5.41, 5.74) is 7.78. The van der Waals surface area contributed by atoms with Crippen LogP contribution in [0, 0.1) is 0 Å². The molecule has 0 unspecified atom stereocenters. The van der Waals surface area contributed by atoms with Crippen molar-refractivity contribution in [2.75, 3.05) is 18.2 Å². The molecule has 2 aromatic rings. The zero-order valence-corrected chi connectivity index (χ0v) is 13.0. The molecule has 0 aromatic heterocycles. The molecule has 0 aliphatic carbocycles. The Kier molecular flexibility index (Phi) is 4.52. The zero-order valence-electron chi connectivity index (χ0n) is 10.6. The van der Waals surface area contributed by atoms with Gasteiger partial charge in [0.05, 0.1) is 29.1 Å². The van der Waals surface area contributed by atoms with Crippen LogP contribution in [0.25, 0.3) is 0 Å². The van der Waals surface area contributed by atoms with Crippen LogP contribution in [0.1, 0.15) is 10.4 Å². The number of nitrogens with one attached hydrogen (secondary N) is 1. The lowest BCUT2D eigenvalue weighted by Gasteiger charge is -2.13. The Bertz CT molecular complexity index is 662. The van der Waals surface area contributed by atoms with Gasteiger partial charge >= 0.3 is 5.97 Å². The van der Waals surface area contributed by atoms with Crippen LogP contribution in [-0.2, 0) is 4.74 Å². The number of anilines is 3. The number of methoxy groups -OCH3 is 1. The number of ether oxygens (including phenoxy) is 1. The monoisotopic (exact) mass is 354 g/mol. The van der Waals surface area contributed by atoms with E-state index < -0.39 is 5.97 Å². The molecule has 0 radical (unpaired) electrons. The third-order valence-corrected chi connectivity index (χ3v) is 3.47. The fourth-order valence-corrected chi connectivity index (χ4v) is 2.21. The van der Waals surface area contributed by atoms with Gasteiger partial charge in [0.25, 0.3) is 0 Å². The van der Waals surface area contributed by atoms with Gasteiger partial charge in [-0.3, -0.25) is 0 Å². The number of hydrogen-bond acceptors (Lipinski definition) is 4. The fourth-order valence-electron chi connectivity index (χ4n) is 1.69. The van der Waals surface area contributed by atoms with Gasteiger partial charge in [0.2, 0.25) is 0 Å². The number of carbonyl (C=O) groups is 1. The van der Waals surface area contributed by atoms with Crippen molar-refractivity contribution in [2.45, 2.75) is 0 Å². The Hall–Kier alpha value is -1.72. The molecular weight excluding hydrogens is 344 g/mol. The van der Waals surface area contributed by atoms with Gasteiger partial charge in [0, 0.05) is 10.2 Å². The van der Waals surface area contributed by atoms with Crippen LogP contribution in [0.4, 0.5) is 17.1 Å². The molecule has 0 spiro atoms. The fraction of sp³-hybridized carbons (Fsp3) is 0.0714. The van der Waals surface area contributed by atoms with Crippen LogP contribution in [0.2, 0.25) is 5.02 Å². The summed E-state index contributed by atoms with van der Waals surface area (Å²) in [6, 6.07) is 10.4. The number of rotatable bonds is 3. The third kappa shape index (κ3) is 3.23. The summed E-state index contributed by atoms with van der Waals surface area (Å²) >= 11 is 9.49.